The zero-order valence-electron chi connectivity index (χ0n) is 17.5. The van der Waals surface area contributed by atoms with E-state index >= 15 is 0 Å². The van der Waals surface area contributed by atoms with E-state index in [9.17, 15) is 4.79 Å². The van der Waals surface area contributed by atoms with Gasteiger partial charge in [-0.05, 0) is 48.6 Å². The molecular formula is C23H31N3O3. The Morgan fingerprint density at radius 2 is 1.90 bits per heavy atom. The van der Waals surface area contributed by atoms with Crippen molar-refractivity contribution in [2.24, 2.45) is 5.92 Å². The maximum Gasteiger partial charge on any atom is 0.315 e. The van der Waals surface area contributed by atoms with E-state index < -0.39 is 0 Å². The number of urea groups is 1. The highest BCUT2D eigenvalue weighted by Gasteiger charge is 2.25. The van der Waals surface area contributed by atoms with E-state index in [4.69, 9.17) is 9.47 Å². The van der Waals surface area contributed by atoms with Crippen molar-refractivity contribution in [1.29, 1.82) is 0 Å². The summed E-state index contributed by atoms with van der Waals surface area (Å²) in [6, 6.07) is 15.8. The minimum Gasteiger partial charge on any atom is -0.497 e. The number of methoxy groups -OCH3 is 2. The van der Waals surface area contributed by atoms with Crippen LogP contribution in [0.15, 0.2) is 48.5 Å². The van der Waals surface area contributed by atoms with Crippen LogP contribution in [0.5, 0.6) is 11.5 Å². The molecule has 29 heavy (non-hydrogen) atoms. The maximum atomic E-state index is 12.4. The summed E-state index contributed by atoms with van der Waals surface area (Å²) in [4.78, 5) is 14.8. The van der Waals surface area contributed by atoms with Crippen LogP contribution in [0.4, 0.5) is 10.5 Å². The van der Waals surface area contributed by atoms with Gasteiger partial charge in [0.2, 0.25) is 0 Å². The number of carbonyl (C=O) groups excluding carboxylic acids is 1. The van der Waals surface area contributed by atoms with E-state index in [1.807, 2.05) is 42.5 Å². The normalized spacial score (nSPS) is 16.9. The molecule has 1 saturated heterocycles. The Morgan fingerprint density at radius 3 is 2.59 bits per heavy atom. The van der Waals surface area contributed by atoms with Crippen molar-refractivity contribution >= 4 is 11.7 Å². The minimum atomic E-state index is -0.122. The molecule has 0 saturated carbocycles. The maximum absolute atomic E-state index is 12.4. The molecular weight excluding hydrogens is 366 g/mol. The largest absolute Gasteiger partial charge is 0.497 e. The summed E-state index contributed by atoms with van der Waals surface area (Å²) in [6.07, 6.45) is 1.87. The number of ether oxygens (including phenoxy) is 2. The van der Waals surface area contributed by atoms with Crippen LogP contribution in [-0.2, 0) is 0 Å². The van der Waals surface area contributed by atoms with E-state index in [0.717, 1.165) is 48.7 Å². The van der Waals surface area contributed by atoms with E-state index in [1.54, 1.807) is 14.2 Å². The highest BCUT2D eigenvalue weighted by atomic mass is 16.5. The molecule has 2 N–H and O–H groups in total. The van der Waals surface area contributed by atoms with Crippen LogP contribution in [0.3, 0.4) is 0 Å². The molecule has 1 heterocycles. The number of nitrogens with zero attached hydrogens (tertiary/aromatic N) is 1. The van der Waals surface area contributed by atoms with Gasteiger partial charge in [-0.3, -0.25) is 0 Å². The summed E-state index contributed by atoms with van der Waals surface area (Å²) < 4.78 is 10.7. The smallest absolute Gasteiger partial charge is 0.315 e. The zero-order chi connectivity index (χ0) is 20.6. The quantitative estimate of drug-likeness (QED) is 0.707. The molecule has 0 spiro atoms. The molecule has 2 atom stereocenters. The summed E-state index contributed by atoms with van der Waals surface area (Å²) in [5.74, 6) is 2.13. The Hall–Kier alpha value is -2.89. The lowest BCUT2D eigenvalue weighted by atomic mass is 10.0. The summed E-state index contributed by atoms with van der Waals surface area (Å²) in [5, 5.41) is 6.13. The summed E-state index contributed by atoms with van der Waals surface area (Å²) in [6.45, 7) is 4.61. The molecule has 0 radical (unpaired) electrons. The second kappa shape index (κ2) is 10.0. The Kier molecular flexibility index (Phi) is 7.22. The van der Waals surface area contributed by atoms with Gasteiger partial charge in [-0.15, -0.1) is 0 Å². The van der Waals surface area contributed by atoms with Crippen LogP contribution < -0.4 is 25.0 Å². The first kappa shape index (κ1) is 20.8. The van der Waals surface area contributed by atoms with Crippen LogP contribution in [0, 0.1) is 5.92 Å². The lowest BCUT2D eigenvalue weighted by molar-refractivity contribution is 0.235. The van der Waals surface area contributed by atoms with Gasteiger partial charge in [0.1, 0.15) is 11.5 Å². The summed E-state index contributed by atoms with van der Waals surface area (Å²) >= 11 is 0. The monoisotopic (exact) mass is 397 g/mol. The molecule has 6 nitrogen and oxygen atoms in total. The van der Waals surface area contributed by atoms with Gasteiger partial charge < -0.3 is 25.0 Å². The fourth-order valence-corrected chi connectivity index (χ4v) is 3.81. The fourth-order valence-electron chi connectivity index (χ4n) is 3.81. The molecule has 1 aliphatic heterocycles. The number of hydrogen-bond acceptors (Lipinski definition) is 4. The average molecular weight is 398 g/mol. The Morgan fingerprint density at radius 1 is 1.14 bits per heavy atom. The van der Waals surface area contributed by atoms with Crippen LogP contribution in [-0.4, -0.2) is 39.9 Å². The standard InChI is InChI=1S/C23H31N3O3/c1-4-20(18-9-11-19(28-2)12-10-18)25-23(27)24-15-17-13-14-26(16-17)21-7-5-6-8-22(21)29-3/h5-12,17,20H,4,13-16H2,1-3H3,(H2,24,25,27). The van der Waals surface area contributed by atoms with Crippen LogP contribution in [0.25, 0.3) is 0 Å². The number of benzene rings is 2. The third kappa shape index (κ3) is 5.34. The predicted molar refractivity (Wildman–Crippen MR) is 116 cm³/mol. The van der Waals surface area contributed by atoms with E-state index in [1.165, 1.54) is 0 Å². The van der Waals surface area contributed by atoms with Gasteiger partial charge in [0, 0.05) is 19.6 Å². The second-order valence-electron chi connectivity index (χ2n) is 7.36. The fraction of sp³-hybridized carbons (Fsp3) is 0.435. The predicted octanol–water partition coefficient (Wildman–Crippen LogP) is 3.98. The number of rotatable bonds is 8. The van der Waals surface area contributed by atoms with Gasteiger partial charge in [0.05, 0.1) is 25.9 Å². The highest BCUT2D eigenvalue weighted by Crippen LogP contribution is 2.31. The molecule has 2 aromatic rings. The third-order valence-electron chi connectivity index (χ3n) is 5.49. The number of hydrogen-bond donors (Lipinski definition) is 2. The van der Waals surface area contributed by atoms with Crippen molar-refractivity contribution in [3.05, 3.63) is 54.1 Å². The minimum absolute atomic E-state index is 0.0189. The van der Waals surface area contributed by atoms with E-state index in [-0.39, 0.29) is 12.1 Å². The molecule has 0 aliphatic carbocycles. The lowest BCUT2D eigenvalue weighted by Crippen LogP contribution is -2.40. The Labute approximate surface area is 173 Å². The molecule has 0 aromatic heterocycles. The first-order valence-electron chi connectivity index (χ1n) is 10.2. The number of anilines is 1. The summed E-state index contributed by atoms with van der Waals surface area (Å²) in [5.41, 5.74) is 2.19. The van der Waals surface area contributed by atoms with Gasteiger partial charge >= 0.3 is 6.03 Å². The van der Waals surface area contributed by atoms with Crippen molar-refractivity contribution in [1.82, 2.24) is 10.6 Å². The number of nitrogens with one attached hydrogen (secondary N) is 2. The first-order chi connectivity index (χ1) is 14.1. The molecule has 0 bridgehead atoms. The van der Waals surface area contributed by atoms with Crippen molar-refractivity contribution in [2.45, 2.75) is 25.8 Å². The number of para-hydroxylation sites is 2. The Bertz CT molecular complexity index is 794. The lowest BCUT2D eigenvalue weighted by Gasteiger charge is -2.22. The average Bonchev–Trinajstić information content (AvgIpc) is 3.25. The highest BCUT2D eigenvalue weighted by molar-refractivity contribution is 5.74. The SMILES string of the molecule is CCC(NC(=O)NCC1CCN(c2ccccc2OC)C1)c1ccc(OC)cc1. The van der Waals surface area contributed by atoms with Gasteiger partial charge in [0.25, 0.3) is 0 Å². The molecule has 2 amide bonds. The Balaban J connectivity index is 1.49. The van der Waals surface area contributed by atoms with Crippen molar-refractivity contribution in [3.8, 4) is 11.5 Å². The molecule has 1 aliphatic rings. The first-order valence-corrected chi connectivity index (χ1v) is 10.2. The molecule has 6 heteroatoms. The molecule has 156 valence electrons. The molecule has 3 rings (SSSR count). The van der Waals surface area contributed by atoms with Gasteiger partial charge in [-0.25, -0.2) is 4.79 Å². The van der Waals surface area contributed by atoms with Crippen molar-refractivity contribution < 1.29 is 14.3 Å². The third-order valence-corrected chi connectivity index (χ3v) is 5.49. The van der Waals surface area contributed by atoms with Gasteiger partial charge in [0.15, 0.2) is 0 Å². The number of amides is 2. The van der Waals surface area contributed by atoms with Crippen molar-refractivity contribution in [3.63, 3.8) is 0 Å². The molecule has 1 fully saturated rings. The van der Waals surface area contributed by atoms with Gasteiger partial charge in [-0.2, -0.15) is 0 Å². The molecule has 2 aromatic carbocycles. The van der Waals surface area contributed by atoms with Gasteiger partial charge in [-0.1, -0.05) is 31.2 Å². The van der Waals surface area contributed by atoms with E-state index in [2.05, 4.69) is 28.5 Å². The topological polar surface area (TPSA) is 62.8 Å². The number of carbonyl (C=O) groups is 1. The van der Waals surface area contributed by atoms with Crippen LogP contribution in [0.2, 0.25) is 0 Å². The second-order valence-corrected chi connectivity index (χ2v) is 7.36. The molecule has 2 unspecified atom stereocenters. The zero-order valence-corrected chi connectivity index (χ0v) is 17.5. The van der Waals surface area contributed by atoms with Crippen molar-refractivity contribution in [2.75, 3.05) is 38.8 Å². The summed E-state index contributed by atoms with van der Waals surface area (Å²) in [7, 11) is 3.35. The van der Waals surface area contributed by atoms with E-state index in [0.29, 0.717) is 12.5 Å². The van der Waals surface area contributed by atoms with Crippen LogP contribution >= 0.6 is 0 Å². The van der Waals surface area contributed by atoms with Crippen LogP contribution in [0.1, 0.15) is 31.4 Å².